The van der Waals surface area contributed by atoms with Crippen LogP contribution >= 0.6 is 0 Å². The Balaban J connectivity index is 2.34. The Morgan fingerprint density at radius 1 is 1.24 bits per heavy atom. The quantitative estimate of drug-likeness (QED) is 0.762. The van der Waals surface area contributed by atoms with Crippen LogP contribution in [0.5, 0.6) is 0 Å². The van der Waals surface area contributed by atoms with Gasteiger partial charge in [-0.1, -0.05) is 0 Å². The summed E-state index contributed by atoms with van der Waals surface area (Å²) < 4.78 is 0. The molecule has 0 aromatic carbocycles. The molecular weight excluding hydrogens is 274 g/mol. The van der Waals surface area contributed by atoms with Gasteiger partial charge in [-0.2, -0.15) is 0 Å². The van der Waals surface area contributed by atoms with Crippen LogP contribution in [-0.4, -0.2) is 65.5 Å². The molecule has 1 heterocycles. The minimum absolute atomic E-state index is 0.0277. The van der Waals surface area contributed by atoms with Crippen LogP contribution in [0.25, 0.3) is 0 Å². The maximum absolute atomic E-state index is 12.2. The minimum atomic E-state index is -0.877. The first-order valence-corrected chi connectivity index (χ1v) is 7.44. The molecule has 1 atom stereocenters. The van der Waals surface area contributed by atoms with E-state index >= 15 is 0 Å². The lowest BCUT2D eigenvalue weighted by Gasteiger charge is -2.30. The van der Waals surface area contributed by atoms with Crippen molar-refractivity contribution in [2.75, 3.05) is 26.7 Å². The number of hydrogen-bond acceptors (Lipinski definition) is 3. The van der Waals surface area contributed by atoms with Crippen LogP contribution in [0, 0.1) is 0 Å². The van der Waals surface area contributed by atoms with Crippen LogP contribution in [0.4, 0.5) is 4.79 Å². The summed E-state index contributed by atoms with van der Waals surface area (Å²) in [4.78, 5) is 37.7. The fraction of sp³-hybridized carbons (Fsp3) is 0.786. The highest BCUT2D eigenvalue weighted by Gasteiger charge is 2.24. The molecule has 0 aliphatic carbocycles. The predicted molar refractivity (Wildman–Crippen MR) is 77.9 cm³/mol. The van der Waals surface area contributed by atoms with E-state index in [2.05, 4.69) is 5.32 Å². The summed E-state index contributed by atoms with van der Waals surface area (Å²) in [6.07, 6.45) is 3.60. The molecule has 1 rings (SSSR count). The molecular formula is C14H25N3O4. The van der Waals surface area contributed by atoms with Crippen LogP contribution in [0.1, 0.15) is 39.0 Å². The van der Waals surface area contributed by atoms with Crippen molar-refractivity contribution in [1.82, 2.24) is 15.1 Å². The Kier molecular flexibility index (Phi) is 6.98. The maximum atomic E-state index is 12.2. The van der Waals surface area contributed by atoms with Gasteiger partial charge >= 0.3 is 12.0 Å². The van der Waals surface area contributed by atoms with E-state index in [0.29, 0.717) is 13.0 Å². The monoisotopic (exact) mass is 299 g/mol. The largest absolute Gasteiger partial charge is 0.481 e. The molecule has 7 heteroatoms. The van der Waals surface area contributed by atoms with Gasteiger partial charge in [-0.3, -0.25) is 9.59 Å². The van der Waals surface area contributed by atoms with Gasteiger partial charge in [0.05, 0.1) is 0 Å². The lowest BCUT2D eigenvalue weighted by molar-refractivity contribution is -0.137. The zero-order valence-electron chi connectivity index (χ0n) is 12.8. The Hall–Kier alpha value is -1.79. The smallest absolute Gasteiger partial charge is 0.317 e. The first-order valence-electron chi connectivity index (χ1n) is 7.44. The summed E-state index contributed by atoms with van der Waals surface area (Å²) in [5.41, 5.74) is 0. The van der Waals surface area contributed by atoms with Crippen LogP contribution in [-0.2, 0) is 9.59 Å². The molecule has 3 amide bonds. The van der Waals surface area contributed by atoms with Gasteiger partial charge < -0.3 is 20.2 Å². The summed E-state index contributed by atoms with van der Waals surface area (Å²) in [7, 11) is 1.59. The molecule has 0 aromatic heterocycles. The average molecular weight is 299 g/mol. The van der Waals surface area contributed by atoms with E-state index in [1.807, 2.05) is 0 Å². The summed E-state index contributed by atoms with van der Waals surface area (Å²) in [6, 6.07) is -0.907. The molecule has 0 aromatic rings. The van der Waals surface area contributed by atoms with Crippen molar-refractivity contribution in [2.24, 2.45) is 0 Å². The van der Waals surface area contributed by atoms with Gasteiger partial charge in [0.2, 0.25) is 5.91 Å². The van der Waals surface area contributed by atoms with E-state index in [9.17, 15) is 14.4 Å². The van der Waals surface area contributed by atoms with E-state index in [0.717, 1.165) is 32.4 Å². The van der Waals surface area contributed by atoms with Gasteiger partial charge in [-0.15, -0.1) is 0 Å². The highest BCUT2D eigenvalue weighted by molar-refractivity contribution is 5.86. The molecule has 7 nitrogen and oxygen atoms in total. The van der Waals surface area contributed by atoms with Crippen molar-refractivity contribution in [2.45, 2.75) is 45.1 Å². The van der Waals surface area contributed by atoms with Gasteiger partial charge in [0.1, 0.15) is 6.04 Å². The molecule has 0 bridgehead atoms. The number of amides is 3. The minimum Gasteiger partial charge on any atom is -0.481 e. The molecule has 120 valence electrons. The fourth-order valence-corrected chi connectivity index (χ4v) is 2.31. The van der Waals surface area contributed by atoms with Crippen LogP contribution in [0.3, 0.4) is 0 Å². The molecule has 0 saturated carbocycles. The number of carboxylic acids is 1. The second-order valence-corrected chi connectivity index (χ2v) is 5.48. The highest BCUT2D eigenvalue weighted by Crippen LogP contribution is 2.10. The normalized spacial score (nSPS) is 16.2. The first-order chi connectivity index (χ1) is 9.91. The van der Waals surface area contributed by atoms with E-state index in [1.54, 1.807) is 18.9 Å². The molecule has 1 aliphatic rings. The molecule has 0 radical (unpaired) electrons. The second kappa shape index (κ2) is 8.49. The number of likely N-dealkylation sites (tertiary alicyclic amines) is 1. The summed E-state index contributed by atoms with van der Waals surface area (Å²) >= 11 is 0. The van der Waals surface area contributed by atoms with Crippen molar-refractivity contribution in [3.8, 4) is 0 Å². The standard InChI is InChI=1S/C14H25N3O4/c1-11(13(20)17-9-4-3-5-10-17)15-14(21)16(2)8-6-7-12(18)19/h11H,3-10H2,1-2H3,(H,15,21)(H,18,19). The van der Waals surface area contributed by atoms with E-state index in [1.165, 1.54) is 4.90 Å². The Bertz CT molecular complexity index is 380. The van der Waals surface area contributed by atoms with Crippen molar-refractivity contribution < 1.29 is 19.5 Å². The predicted octanol–water partition coefficient (Wildman–Crippen LogP) is 0.894. The molecule has 21 heavy (non-hydrogen) atoms. The lowest BCUT2D eigenvalue weighted by Crippen LogP contribution is -2.51. The van der Waals surface area contributed by atoms with Crippen molar-refractivity contribution in [1.29, 1.82) is 0 Å². The third kappa shape index (κ3) is 6.01. The summed E-state index contributed by atoms with van der Waals surface area (Å²) in [5, 5.41) is 11.2. The van der Waals surface area contributed by atoms with Crippen LogP contribution in [0.15, 0.2) is 0 Å². The number of hydrogen-bond donors (Lipinski definition) is 2. The summed E-state index contributed by atoms with van der Waals surface area (Å²) in [5.74, 6) is -0.931. The molecule has 0 spiro atoms. The molecule has 2 N–H and O–H groups in total. The first kappa shape index (κ1) is 17.3. The zero-order chi connectivity index (χ0) is 15.8. The number of rotatable bonds is 6. The summed E-state index contributed by atoms with van der Waals surface area (Å²) in [6.45, 7) is 3.55. The fourth-order valence-electron chi connectivity index (χ4n) is 2.31. The highest BCUT2D eigenvalue weighted by atomic mass is 16.4. The molecule has 1 fully saturated rings. The van der Waals surface area contributed by atoms with Crippen molar-refractivity contribution >= 4 is 17.9 Å². The van der Waals surface area contributed by atoms with Gasteiger partial charge in [-0.05, 0) is 32.6 Å². The average Bonchev–Trinajstić information content (AvgIpc) is 2.46. The van der Waals surface area contributed by atoms with E-state index < -0.39 is 12.0 Å². The maximum Gasteiger partial charge on any atom is 0.317 e. The number of urea groups is 1. The molecule has 1 unspecified atom stereocenters. The van der Waals surface area contributed by atoms with E-state index in [4.69, 9.17) is 5.11 Å². The molecule has 1 aliphatic heterocycles. The topological polar surface area (TPSA) is 90.0 Å². The van der Waals surface area contributed by atoms with Gasteiger partial charge in [0.15, 0.2) is 0 Å². The number of carbonyl (C=O) groups excluding carboxylic acids is 2. The van der Waals surface area contributed by atoms with Crippen molar-refractivity contribution in [3.05, 3.63) is 0 Å². The number of carbonyl (C=O) groups is 3. The zero-order valence-corrected chi connectivity index (χ0v) is 12.8. The van der Waals surface area contributed by atoms with Gasteiger partial charge in [-0.25, -0.2) is 4.79 Å². The number of aliphatic carboxylic acids is 1. The lowest BCUT2D eigenvalue weighted by atomic mass is 10.1. The third-order valence-corrected chi connectivity index (χ3v) is 3.61. The second-order valence-electron chi connectivity index (χ2n) is 5.48. The number of nitrogens with one attached hydrogen (secondary N) is 1. The Labute approximate surface area is 125 Å². The van der Waals surface area contributed by atoms with Crippen LogP contribution < -0.4 is 5.32 Å². The number of piperidine rings is 1. The van der Waals surface area contributed by atoms with Gasteiger partial charge in [0.25, 0.3) is 0 Å². The third-order valence-electron chi connectivity index (χ3n) is 3.61. The van der Waals surface area contributed by atoms with E-state index in [-0.39, 0.29) is 18.4 Å². The van der Waals surface area contributed by atoms with Gasteiger partial charge in [0, 0.05) is 33.1 Å². The SMILES string of the molecule is CC(NC(=O)N(C)CCCC(=O)O)C(=O)N1CCCCC1. The Morgan fingerprint density at radius 2 is 1.86 bits per heavy atom. The number of nitrogens with zero attached hydrogens (tertiary/aromatic N) is 2. The Morgan fingerprint density at radius 3 is 2.43 bits per heavy atom. The van der Waals surface area contributed by atoms with Crippen molar-refractivity contribution in [3.63, 3.8) is 0 Å². The number of carboxylic acid groups (broad SMARTS) is 1. The van der Waals surface area contributed by atoms with Crippen LogP contribution in [0.2, 0.25) is 0 Å². The molecule has 1 saturated heterocycles.